The summed E-state index contributed by atoms with van der Waals surface area (Å²) >= 11 is 0. The number of aromatic nitrogens is 2. The Hall–Kier alpha value is -2.86. The van der Waals surface area contributed by atoms with Crippen molar-refractivity contribution in [1.29, 1.82) is 0 Å². The van der Waals surface area contributed by atoms with Gasteiger partial charge < -0.3 is 10.3 Å². The predicted molar refractivity (Wildman–Crippen MR) is 103 cm³/mol. The molecular weight excluding hydrogens is 346 g/mol. The number of imidazole rings is 1. The van der Waals surface area contributed by atoms with Gasteiger partial charge in [-0.25, -0.2) is 13.4 Å². The highest BCUT2D eigenvalue weighted by molar-refractivity contribution is 7.90. The van der Waals surface area contributed by atoms with E-state index in [4.69, 9.17) is 0 Å². The molecule has 26 heavy (non-hydrogen) atoms. The minimum atomic E-state index is -3.41. The minimum absolute atomic E-state index is 0.00240. The maximum Gasteiger partial charge on any atom is 0.182 e. The van der Waals surface area contributed by atoms with Crippen molar-refractivity contribution in [3.05, 3.63) is 77.4 Å². The molecule has 1 aliphatic rings. The average Bonchev–Trinajstić information content (AvgIpc) is 3.22. The number of rotatable bonds is 4. The van der Waals surface area contributed by atoms with Crippen LogP contribution in [0.2, 0.25) is 0 Å². The summed E-state index contributed by atoms with van der Waals surface area (Å²) < 4.78 is 25.6. The minimum Gasteiger partial charge on any atom is -0.380 e. The molecule has 3 aromatic rings. The van der Waals surface area contributed by atoms with Crippen molar-refractivity contribution in [1.82, 2.24) is 9.97 Å². The van der Waals surface area contributed by atoms with E-state index >= 15 is 0 Å². The molecule has 1 aromatic heterocycles. The second-order valence-electron chi connectivity index (χ2n) is 6.39. The normalized spacial score (nSPS) is 15.0. The van der Waals surface area contributed by atoms with Gasteiger partial charge in [0.15, 0.2) is 9.84 Å². The number of hydrogen-bond donors (Lipinski definition) is 2. The van der Waals surface area contributed by atoms with Gasteiger partial charge in [-0.15, -0.1) is 0 Å². The summed E-state index contributed by atoms with van der Waals surface area (Å²) in [7, 11) is -3.41. The van der Waals surface area contributed by atoms with Crippen molar-refractivity contribution in [3.8, 4) is 0 Å². The highest BCUT2D eigenvalue weighted by Gasteiger charge is 2.21. The van der Waals surface area contributed by atoms with E-state index in [1.165, 1.54) is 0 Å². The summed E-state index contributed by atoms with van der Waals surface area (Å²) in [5.41, 5.74) is 5.54. The van der Waals surface area contributed by atoms with Crippen molar-refractivity contribution in [2.75, 3.05) is 11.9 Å². The van der Waals surface area contributed by atoms with Crippen LogP contribution in [0.5, 0.6) is 0 Å². The summed E-state index contributed by atoms with van der Waals surface area (Å²) in [5, 5.41) is 3.31. The van der Waals surface area contributed by atoms with Gasteiger partial charge in [0, 0.05) is 23.5 Å². The Bertz CT molecular complexity index is 1080. The molecule has 0 atom stereocenters. The maximum absolute atomic E-state index is 12.8. The number of aromatic amines is 1. The summed E-state index contributed by atoms with van der Waals surface area (Å²) in [6.07, 6.45) is 3.66. The number of anilines is 1. The molecular formula is C20H19N3O2S. The summed E-state index contributed by atoms with van der Waals surface area (Å²) in [6, 6.07) is 14.5. The van der Waals surface area contributed by atoms with Crippen molar-refractivity contribution in [2.24, 2.45) is 0 Å². The van der Waals surface area contributed by atoms with Gasteiger partial charge in [-0.2, -0.15) is 0 Å². The number of nitrogens with one attached hydrogen (secondary N) is 2. The molecule has 0 unspecified atom stereocenters. The number of nitrogens with zero attached hydrogens (tertiary/aromatic N) is 1. The third-order valence-electron chi connectivity index (χ3n) is 4.54. The smallest absolute Gasteiger partial charge is 0.182 e. The lowest BCUT2D eigenvalue weighted by Gasteiger charge is -2.07. The van der Waals surface area contributed by atoms with Crippen LogP contribution in [0.3, 0.4) is 0 Å². The Morgan fingerprint density at radius 3 is 2.69 bits per heavy atom. The molecule has 0 bridgehead atoms. The van der Waals surface area contributed by atoms with Gasteiger partial charge in [-0.3, -0.25) is 0 Å². The molecule has 1 aliphatic heterocycles. The van der Waals surface area contributed by atoms with Gasteiger partial charge in [-0.05, 0) is 42.3 Å². The Balaban J connectivity index is 1.70. The van der Waals surface area contributed by atoms with E-state index < -0.39 is 9.84 Å². The van der Waals surface area contributed by atoms with Gasteiger partial charge in [-0.1, -0.05) is 30.3 Å². The van der Waals surface area contributed by atoms with Crippen molar-refractivity contribution < 1.29 is 8.42 Å². The van der Waals surface area contributed by atoms with Crippen LogP contribution in [0.25, 0.3) is 11.6 Å². The molecule has 0 saturated heterocycles. The molecule has 0 aliphatic carbocycles. The third-order valence-corrected chi connectivity index (χ3v) is 6.23. The van der Waals surface area contributed by atoms with Gasteiger partial charge in [0.05, 0.1) is 22.7 Å². The lowest BCUT2D eigenvalue weighted by molar-refractivity contribution is 0.595. The fourth-order valence-electron chi connectivity index (χ4n) is 3.11. The van der Waals surface area contributed by atoms with Crippen molar-refractivity contribution in [2.45, 2.75) is 17.6 Å². The molecule has 2 N–H and O–H groups in total. The molecule has 0 amide bonds. The van der Waals surface area contributed by atoms with E-state index in [2.05, 4.69) is 15.3 Å². The molecule has 0 saturated carbocycles. The first-order valence-electron chi connectivity index (χ1n) is 8.38. The first-order chi connectivity index (χ1) is 12.5. The molecule has 2 heterocycles. The Morgan fingerprint density at radius 2 is 1.96 bits per heavy atom. The van der Waals surface area contributed by atoms with Crippen LogP contribution >= 0.6 is 0 Å². The van der Waals surface area contributed by atoms with Crippen molar-refractivity contribution in [3.63, 3.8) is 0 Å². The summed E-state index contributed by atoms with van der Waals surface area (Å²) in [4.78, 5) is 7.70. The van der Waals surface area contributed by atoms with Crippen molar-refractivity contribution >= 4 is 27.2 Å². The molecule has 2 aromatic carbocycles. The fourth-order valence-corrected chi connectivity index (χ4v) is 4.48. The van der Waals surface area contributed by atoms with E-state index in [-0.39, 0.29) is 5.75 Å². The number of hydrogen-bond acceptors (Lipinski definition) is 4. The largest absolute Gasteiger partial charge is 0.380 e. The highest BCUT2D eigenvalue weighted by atomic mass is 32.2. The van der Waals surface area contributed by atoms with E-state index in [1.54, 1.807) is 18.5 Å². The maximum atomic E-state index is 12.8. The standard InChI is InChI=1S/C20H19N3O2S/c1-14-20(23-13-22-14)9-16-11-21-19-8-7-17(10-18(16)19)26(24,25)12-15-5-3-2-4-6-15/h2-10,13,21H,11-12H2,1H3,(H,22,23)/b16-9+. The highest BCUT2D eigenvalue weighted by Crippen LogP contribution is 2.34. The number of sulfone groups is 1. The van der Waals surface area contributed by atoms with Crippen LogP contribution in [0.1, 0.15) is 22.5 Å². The monoisotopic (exact) mass is 365 g/mol. The second kappa shape index (κ2) is 6.46. The van der Waals surface area contributed by atoms with Gasteiger partial charge in [0.25, 0.3) is 0 Å². The average molecular weight is 365 g/mol. The van der Waals surface area contributed by atoms with Gasteiger partial charge in [0.1, 0.15) is 0 Å². The lowest BCUT2D eigenvalue weighted by Crippen LogP contribution is -2.05. The van der Waals surface area contributed by atoms with Crippen LogP contribution in [-0.2, 0) is 15.6 Å². The molecule has 132 valence electrons. The predicted octanol–water partition coefficient (Wildman–Crippen LogP) is 3.66. The number of aryl methyl sites for hydroxylation is 1. The first-order valence-corrected chi connectivity index (χ1v) is 10.0. The van der Waals surface area contributed by atoms with E-state index in [9.17, 15) is 8.42 Å². The molecule has 0 fully saturated rings. The topological polar surface area (TPSA) is 74.8 Å². The SMILES string of the molecule is Cc1[nH]cnc1/C=C1\CNc2ccc(S(=O)(=O)Cc3ccccc3)cc21. The molecule has 0 radical (unpaired) electrons. The zero-order valence-corrected chi connectivity index (χ0v) is 15.2. The van der Waals surface area contributed by atoms with Crippen LogP contribution in [0.4, 0.5) is 5.69 Å². The molecule has 0 spiro atoms. The molecule has 5 nitrogen and oxygen atoms in total. The van der Waals surface area contributed by atoms with Gasteiger partial charge in [0.2, 0.25) is 0 Å². The molecule has 6 heteroatoms. The van der Waals surface area contributed by atoms with E-state index in [0.717, 1.165) is 33.8 Å². The summed E-state index contributed by atoms with van der Waals surface area (Å²) in [6.45, 7) is 2.62. The Labute approximate surface area is 152 Å². The Kier molecular flexibility index (Phi) is 4.12. The van der Waals surface area contributed by atoms with E-state index in [0.29, 0.717) is 11.4 Å². The van der Waals surface area contributed by atoms with E-state index in [1.807, 2.05) is 49.4 Å². The number of fused-ring (bicyclic) bond motifs is 1. The lowest BCUT2D eigenvalue weighted by atomic mass is 10.1. The Morgan fingerprint density at radius 1 is 1.15 bits per heavy atom. The van der Waals surface area contributed by atoms with Gasteiger partial charge >= 0.3 is 0 Å². The zero-order valence-electron chi connectivity index (χ0n) is 14.4. The van der Waals surface area contributed by atoms with Crippen LogP contribution in [0.15, 0.2) is 59.8 Å². The van der Waals surface area contributed by atoms with Crippen LogP contribution in [0, 0.1) is 6.92 Å². The molecule has 4 rings (SSSR count). The quantitative estimate of drug-likeness (QED) is 0.740. The number of benzene rings is 2. The van der Waals surface area contributed by atoms with Crippen LogP contribution in [-0.4, -0.2) is 24.9 Å². The van der Waals surface area contributed by atoms with Crippen LogP contribution < -0.4 is 5.32 Å². The number of H-pyrrole nitrogens is 1. The first kappa shape index (κ1) is 16.6. The second-order valence-corrected chi connectivity index (χ2v) is 8.38. The summed E-state index contributed by atoms with van der Waals surface area (Å²) in [5.74, 6) is -0.00240. The fraction of sp³-hybridized carbons (Fsp3) is 0.150. The zero-order chi connectivity index (χ0) is 18.1. The third kappa shape index (κ3) is 3.15.